The van der Waals surface area contributed by atoms with Crippen LogP contribution >= 0.6 is 0 Å². The first-order valence-corrected chi connectivity index (χ1v) is 8.46. The summed E-state index contributed by atoms with van der Waals surface area (Å²) in [7, 11) is 0. The van der Waals surface area contributed by atoms with Crippen molar-refractivity contribution in [2.75, 3.05) is 0 Å². The highest BCUT2D eigenvalue weighted by Gasteiger charge is 2.23. The molecule has 1 aromatic carbocycles. The topological polar surface area (TPSA) is 57.0 Å². The Morgan fingerprint density at radius 2 is 1.83 bits per heavy atom. The van der Waals surface area contributed by atoms with E-state index >= 15 is 0 Å². The Bertz CT molecular complexity index is 694. The first-order chi connectivity index (χ1) is 11.2. The molecular formula is C19H27N3O2. The summed E-state index contributed by atoms with van der Waals surface area (Å²) in [6, 6.07) is 8.28. The summed E-state index contributed by atoms with van der Waals surface area (Å²) in [6.45, 7) is 12.0. The van der Waals surface area contributed by atoms with Crippen LogP contribution in [0.2, 0.25) is 0 Å². The molecule has 0 aliphatic carbocycles. The average Bonchev–Trinajstić information content (AvgIpc) is 2.89. The normalized spacial score (nSPS) is 11.8. The Labute approximate surface area is 144 Å². The molecule has 1 aromatic heterocycles. The monoisotopic (exact) mass is 329 g/mol. The number of hydrogen-bond acceptors (Lipinski definition) is 4. The van der Waals surface area contributed by atoms with Crippen molar-refractivity contribution in [1.29, 1.82) is 0 Å². The Morgan fingerprint density at radius 3 is 2.33 bits per heavy atom. The second kappa shape index (κ2) is 7.16. The maximum Gasteiger partial charge on any atom is 0.336 e. The fourth-order valence-electron chi connectivity index (χ4n) is 2.33. The minimum atomic E-state index is -0.120. The number of nitrogens with zero attached hydrogens (tertiary/aromatic N) is 3. The molecule has 2 aromatic rings. The van der Waals surface area contributed by atoms with E-state index < -0.39 is 0 Å². The summed E-state index contributed by atoms with van der Waals surface area (Å²) in [6.07, 6.45) is 1.31. The quantitative estimate of drug-likeness (QED) is 0.817. The minimum Gasteiger partial charge on any atom is -0.460 e. The maximum absolute atomic E-state index is 12.7. The Morgan fingerprint density at radius 1 is 1.21 bits per heavy atom. The van der Waals surface area contributed by atoms with Crippen molar-refractivity contribution in [3.8, 4) is 17.4 Å². The van der Waals surface area contributed by atoms with Gasteiger partial charge in [-0.15, -0.1) is 5.10 Å². The van der Waals surface area contributed by atoms with Gasteiger partial charge in [0.1, 0.15) is 0 Å². The van der Waals surface area contributed by atoms with Crippen LogP contribution in [0.5, 0.6) is 6.01 Å². The van der Waals surface area contributed by atoms with E-state index in [0.29, 0.717) is 12.2 Å². The van der Waals surface area contributed by atoms with Gasteiger partial charge in [0.05, 0.1) is 6.10 Å². The number of carbonyl (C=O) groups excluding carboxylic acids is 1. The zero-order valence-electron chi connectivity index (χ0n) is 15.5. The molecule has 1 heterocycles. The molecule has 0 atom stereocenters. The Hall–Kier alpha value is -2.17. The summed E-state index contributed by atoms with van der Waals surface area (Å²) < 4.78 is 6.97. The summed E-state index contributed by atoms with van der Waals surface area (Å²) in [5, 5.41) is 4.29. The van der Waals surface area contributed by atoms with Crippen molar-refractivity contribution >= 4 is 5.91 Å². The molecule has 130 valence electrons. The van der Waals surface area contributed by atoms with E-state index in [4.69, 9.17) is 4.74 Å². The van der Waals surface area contributed by atoms with E-state index in [9.17, 15) is 4.79 Å². The fraction of sp³-hybridized carbons (Fsp3) is 0.526. The van der Waals surface area contributed by atoms with E-state index in [1.54, 1.807) is 0 Å². The molecule has 0 aliphatic heterocycles. The lowest BCUT2D eigenvalue weighted by molar-refractivity contribution is 0.0838. The van der Waals surface area contributed by atoms with Crippen LogP contribution in [0.4, 0.5) is 0 Å². The highest BCUT2D eigenvalue weighted by Crippen LogP contribution is 2.25. The minimum absolute atomic E-state index is 0.0473. The Kier molecular flexibility index (Phi) is 5.42. The lowest BCUT2D eigenvalue weighted by Crippen LogP contribution is -2.21. The van der Waals surface area contributed by atoms with Gasteiger partial charge in [-0.05, 0) is 31.2 Å². The highest BCUT2D eigenvalue weighted by molar-refractivity contribution is 5.82. The number of benzene rings is 1. The van der Waals surface area contributed by atoms with Crippen LogP contribution < -0.4 is 4.74 Å². The number of rotatable bonds is 5. The van der Waals surface area contributed by atoms with Crippen molar-refractivity contribution in [3.05, 3.63) is 29.8 Å². The van der Waals surface area contributed by atoms with Crippen LogP contribution in [0.15, 0.2) is 24.3 Å². The van der Waals surface area contributed by atoms with Gasteiger partial charge in [-0.25, -0.2) is 0 Å². The van der Waals surface area contributed by atoms with Crippen LogP contribution in [0.3, 0.4) is 0 Å². The van der Waals surface area contributed by atoms with Gasteiger partial charge in [0, 0.05) is 12.0 Å². The Balaban J connectivity index is 2.43. The third kappa shape index (κ3) is 4.66. The third-order valence-electron chi connectivity index (χ3n) is 3.47. The van der Waals surface area contributed by atoms with Gasteiger partial charge in [0.25, 0.3) is 0 Å². The lowest BCUT2D eigenvalue weighted by Gasteiger charge is -2.16. The lowest BCUT2D eigenvalue weighted by atomic mass is 9.92. The average molecular weight is 329 g/mol. The highest BCUT2D eigenvalue weighted by atomic mass is 16.5. The predicted molar refractivity (Wildman–Crippen MR) is 95.3 cm³/mol. The molecule has 0 fully saturated rings. The summed E-state index contributed by atoms with van der Waals surface area (Å²) >= 11 is 0. The molecule has 0 saturated heterocycles. The van der Waals surface area contributed by atoms with Crippen molar-refractivity contribution in [1.82, 2.24) is 14.8 Å². The number of ether oxygens (including phenoxy) is 1. The van der Waals surface area contributed by atoms with Crippen molar-refractivity contribution in [2.24, 2.45) is 5.41 Å². The second-order valence-corrected chi connectivity index (χ2v) is 7.48. The molecule has 5 nitrogen and oxygen atoms in total. The smallest absolute Gasteiger partial charge is 0.336 e. The van der Waals surface area contributed by atoms with Gasteiger partial charge in [0.15, 0.2) is 5.82 Å². The molecule has 0 aliphatic rings. The summed E-state index contributed by atoms with van der Waals surface area (Å²) in [5.74, 6) is 0.450. The predicted octanol–water partition coefficient (Wildman–Crippen LogP) is 4.37. The molecule has 2 rings (SSSR count). The van der Waals surface area contributed by atoms with Gasteiger partial charge < -0.3 is 4.74 Å². The number of carbonyl (C=O) groups is 1. The molecule has 0 bridgehead atoms. The molecule has 5 heteroatoms. The van der Waals surface area contributed by atoms with E-state index in [1.807, 2.05) is 58.9 Å². The van der Waals surface area contributed by atoms with Crippen LogP contribution in [-0.4, -0.2) is 26.8 Å². The molecule has 24 heavy (non-hydrogen) atoms. The van der Waals surface area contributed by atoms with Gasteiger partial charge in [0.2, 0.25) is 5.91 Å². The SMILES string of the molecule is CCc1ccc(-c2nc(OC(C)C)nn2C(=O)CC(C)(C)C)cc1. The molecule has 0 radical (unpaired) electrons. The molecule has 0 N–H and O–H groups in total. The maximum atomic E-state index is 12.7. The zero-order chi connectivity index (χ0) is 17.9. The molecule has 0 amide bonds. The fourth-order valence-corrected chi connectivity index (χ4v) is 2.33. The van der Waals surface area contributed by atoms with Crippen molar-refractivity contribution in [2.45, 2.75) is 60.5 Å². The van der Waals surface area contributed by atoms with Crippen LogP contribution in [0, 0.1) is 5.41 Å². The van der Waals surface area contributed by atoms with Crippen LogP contribution in [0.25, 0.3) is 11.4 Å². The van der Waals surface area contributed by atoms with E-state index in [0.717, 1.165) is 12.0 Å². The van der Waals surface area contributed by atoms with Gasteiger partial charge in [-0.3, -0.25) is 4.79 Å². The number of hydrogen-bond donors (Lipinski definition) is 0. The van der Waals surface area contributed by atoms with Crippen molar-refractivity contribution < 1.29 is 9.53 Å². The molecular weight excluding hydrogens is 302 g/mol. The third-order valence-corrected chi connectivity index (χ3v) is 3.47. The molecule has 0 spiro atoms. The van der Waals surface area contributed by atoms with E-state index in [2.05, 4.69) is 17.0 Å². The first kappa shape index (κ1) is 18.2. The largest absolute Gasteiger partial charge is 0.460 e. The summed E-state index contributed by atoms with van der Waals surface area (Å²) in [4.78, 5) is 17.1. The van der Waals surface area contributed by atoms with E-state index in [1.165, 1.54) is 10.2 Å². The molecule has 0 unspecified atom stereocenters. The number of aryl methyl sites for hydroxylation is 1. The first-order valence-electron chi connectivity index (χ1n) is 8.46. The summed E-state index contributed by atoms with van der Waals surface area (Å²) in [5.41, 5.74) is 1.98. The van der Waals surface area contributed by atoms with Crippen LogP contribution in [0.1, 0.15) is 58.3 Å². The van der Waals surface area contributed by atoms with Crippen molar-refractivity contribution in [3.63, 3.8) is 0 Å². The van der Waals surface area contributed by atoms with Crippen LogP contribution in [-0.2, 0) is 6.42 Å². The number of aromatic nitrogens is 3. The van der Waals surface area contributed by atoms with Gasteiger partial charge in [-0.1, -0.05) is 52.0 Å². The standard InChI is InChI=1S/C19H27N3O2/c1-7-14-8-10-15(11-9-14)17-20-18(24-13(2)3)21-22(17)16(23)12-19(4,5)6/h8-11,13H,7,12H2,1-6H3. The second-order valence-electron chi connectivity index (χ2n) is 7.48. The zero-order valence-corrected chi connectivity index (χ0v) is 15.5. The van der Waals surface area contributed by atoms with Gasteiger partial charge >= 0.3 is 6.01 Å². The molecule has 0 saturated carbocycles. The van der Waals surface area contributed by atoms with E-state index in [-0.39, 0.29) is 23.4 Å². The van der Waals surface area contributed by atoms with Gasteiger partial charge in [-0.2, -0.15) is 9.67 Å².